The molecule has 2 rings (SSSR count). The average Bonchev–Trinajstić information content (AvgIpc) is 3.01. The van der Waals surface area contributed by atoms with Crippen LogP contribution in [0.2, 0.25) is 0 Å². The summed E-state index contributed by atoms with van der Waals surface area (Å²) in [6.07, 6.45) is 1.53. The first-order chi connectivity index (χ1) is 11.9. The molecule has 0 spiro atoms. The van der Waals surface area contributed by atoms with Crippen molar-refractivity contribution in [2.24, 2.45) is 5.73 Å². The molecule has 0 unspecified atom stereocenters. The van der Waals surface area contributed by atoms with Crippen molar-refractivity contribution in [2.75, 3.05) is 6.54 Å². The summed E-state index contributed by atoms with van der Waals surface area (Å²) in [4.78, 5) is 17.0. The minimum atomic E-state index is -0.410. The summed E-state index contributed by atoms with van der Waals surface area (Å²) >= 11 is 0. The number of para-hydroxylation sites is 1. The number of rotatable bonds is 7. The maximum Gasteiger partial charge on any atom is 0.291 e. The van der Waals surface area contributed by atoms with Crippen molar-refractivity contribution in [1.82, 2.24) is 20.1 Å². The number of carbonyl (C=O) groups is 1. The molecule has 0 aliphatic carbocycles. The van der Waals surface area contributed by atoms with Crippen LogP contribution in [-0.2, 0) is 0 Å². The van der Waals surface area contributed by atoms with Gasteiger partial charge in [0.1, 0.15) is 5.82 Å². The summed E-state index contributed by atoms with van der Waals surface area (Å²) in [6.45, 7) is 10.6. The number of halogens is 1. The van der Waals surface area contributed by atoms with Crippen molar-refractivity contribution < 1.29 is 4.79 Å². The minimum Gasteiger partial charge on any atom is -0.343 e. The van der Waals surface area contributed by atoms with E-state index in [1.54, 1.807) is 4.68 Å². The Kier molecular flexibility index (Phi) is 7.78. The van der Waals surface area contributed by atoms with Crippen molar-refractivity contribution in [3.63, 3.8) is 0 Å². The number of amides is 1. The second-order valence-electron chi connectivity index (χ2n) is 6.75. The SMILES string of the molecule is CCC(CC)(CN)NC(=O)c1nc(C)n(-c2ccccc2C(C)C)n1.Cl. The van der Waals surface area contributed by atoms with Gasteiger partial charge >= 0.3 is 0 Å². The van der Waals surface area contributed by atoms with E-state index >= 15 is 0 Å². The smallest absolute Gasteiger partial charge is 0.291 e. The lowest BCUT2D eigenvalue weighted by Crippen LogP contribution is -2.53. The molecule has 0 saturated carbocycles. The van der Waals surface area contributed by atoms with Gasteiger partial charge in [-0.2, -0.15) is 0 Å². The van der Waals surface area contributed by atoms with Gasteiger partial charge in [-0.1, -0.05) is 45.9 Å². The largest absolute Gasteiger partial charge is 0.343 e. The topological polar surface area (TPSA) is 85.8 Å². The molecule has 1 aromatic heterocycles. The van der Waals surface area contributed by atoms with E-state index in [0.29, 0.717) is 18.3 Å². The molecule has 1 heterocycles. The van der Waals surface area contributed by atoms with Gasteiger partial charge in [-0.05, 0) is 37.3 Å². The van der Waals surface area contributed by atoms with Crippen LogP contribution in [0.3, 0.4) is 0 Å². The molecule has 7 heteroatoms. The molecule has 0 aliphatic heterocycles. The first-order valence-electron chi connectivity index (χ1n) is 8.93. The predicted octanol–water partition coefficient (Wildman–Crippen LogP) is 3.37. The van der Waals surface area contributed by atoms with Gasteiger partial charge < -0.3 is 11.1 Å². The van der Waals surface area contributed by atoms with E-state index in [4.69, 9.17) is 5.73 Å². The molecular weight excluding hydrogens is 350 g/mol. The van der Waals surface area contributed by atoms with Gasteiger partial charge in [0.2, 0.25) is 5.82 Å². The molecular formula is C19H30ClN5O. The van der Waals surface area contributed by atoms with E-state index in [1.807, 2.05) is 39.0 Å². The zero-order valence-corrected chi connectivity index (χ0v) is 17.1. The fourth-order valence-corrected chi connectivity index (χ4v) is 2.95. The van der Waals surface area contributed by atoms with Gasteiger partial charge in [0.05, 0.1) is 11.2 Å². The van der Waals surface area contributed by atoms with E-state index in [1.165, 1.54) is 5.56 Å². The number of nitrogens with zero attached hydrogens (tertiary/aromatic N) is 3. The predicted molar refractivity (Wildman–Crippen MR) is 107 cm³/mol. The number of aryl methyl sites for hydroxylation is 1. The highest BCUT2D eigenvalue weighted by Crippen LogP contribution is 2.23. The molecule has 2 aromatic rings. The van der Waals surface area contributed by atoms with Crippen LogP contribution in [0.5, 0.6) is 0 Å². The van der Waals surface area contributed by atoms with Gasteiger partial charge in [-0.3, -0.25) is 4.79 Å². The molecule has 1 amide bonds. The summed E-state index contributed by atoms with van der Waals surface area (Å²) in [7, 11) is 0. The molecule has 0 atom stereocenters. The van der Waals surface area contributed by atoms with Crippen LogP contribution in [-0.4, -0.2) is 32.8 Å². The first-order valence-corrected chi connectivity index (χ1v) is 8.93. The fraction of sp³-hybridized carbons (Fsp3) is 0.526. The van der Waals surface area contributed by atoms with Crippen LogP contribution in [0.4, 0.5) is 0 Å². The number of carbonyl (C=O) groups excluding carboxylic acids is 1. The Balaban J connectivity index is 0.00000338. The number of nitrogens with two attached hydrogens (primary N) is 1. The zero-order chi connectivity index (χ0) is 18.6. The third-order valence-corrected chi connectivity index (χ3v) is 4.88. The van der Waals surface area contributed by atoms with Crippen molar-refractivity contribution in [2.45, 2.75) is 58.9 Å². The van der Waals surface area contributed by atoms with Crippen LogP contribution in [0, 0.1) is 6.92 Å². The molecule has 3 N–H and O–H groups in total. The van der Waals surface area contributed by atoms with Crippen molar-refractivity contribution in [1.29, 1.82) is 0 Å². The number of benzene rings is 1. The lowest BCUT2D eigenvalue weighted by molar-refractivity contribution is 0.0884. The van der Waals surface area contributed by atoms with E-state index in [2.05, 4.69) is 35.3 Å². The Bertz CT molecular complexity index is 729. The molecule has 0 aliphatic rings. The highest BCUT2D eigenvalue weighted by molar-refractivity contribution is 5.91. The van der Waals surface area contributed by atoms with Crippen LogP contribution < -0.4 is 11.1 Å². The number of aromatic nitrogens is 3. The average molecular weight is 380 g/mol. The maximum absolute atomic E-state index is 12.6. The molecule has 0 fully saturated rings. The summed E-state index contributed by atoms with van der Waals surface area (Å²) in [5, 5.41) is 7.49. The Morgan fingerprint density at radius 3 is 2.42 bits per heavy atom. The lowest BCUT2D eigenvalue weighted by Gasteiger charge is -2.30. The minimum absolute atomic E-state index is 0. The van der Waals surface area contributed by atoms with Crippen molar-refractivity contribution >= 4 is 18.3 Å². The standard InChI is InChI=1S/C19H29N5O.ClH/c1-6-19(7-2,12-20)22-18(25)17-21-14(5)24(23-17)16-11-9-8-10-15(16)13(3)4;/h8-11,13H,6-7,12,20H2,1-5H3,(H,22,25);1H. The maximum atomic E-state index is 12.6. The van der Waals surface area contributed by atoms with Gasteiger partial charge in [0.15, 0.2) is 0 Å². The monoisotopic (exact) mass is 379 g/mol. The fourth-order valence-electron chi connectivity index (χ4n) is 2.95. The van der Waals surface area contributed by atoms with Gasteiger partial charge in [0, 0.05) is 6.54 Å². The normalized spacial score (nSPS) is 11.3. The quantitative estimate of drug-likeness (QED) is 0.772. The molecule has 0 radical (unpaired) electrons. The second kappa shape index (κ2) is 9.14. The summed E-state index contributed by atoms with van der Waals surface area (Å²) in [6, 6.07) is 8.06. The number of nitrogens with one attached hydrogen (secondary N) is 1. The van der Waals surface area contributed by atoms with E-state index < -0.39 is 5.54 Å². The van der Waals surface area contributed by atoms with E-state index in [-0.39, 0.29) is 24.1 Å². The van der Waals surface area contributed by atoms with Crippen LogP contribution >= 0.6 is 12.4 Å². The van der Waals surface area contributed by atoms with E-state index in [9.17, 15) is 4.79 Å². The first kappa shape index (κ1) is 22.1. The van der Waals surface area contributed by atoms with Gasteiger partial charge in [-0.25, -0.2) is 9.67 Å². The zero-order valence-electron chi connectivity index (χ0n) is 16.2. The number of hydrogen-bond acceptors (Lipinski definition) is 4. The Morgan fingerprint density at radius 1 is 1.27 bits per heavy atom. The van der Waals surface area contributed by atoms with Gasteiger partial charge in [-0.15, -0.1) is 17.5 Å². The van der Waals surface area contributed by atoms with Crippen molar-refractivity contribution in [3.8, 4) is 5.69 Å². The van der Waals surface area contributed by atoms with Crippen LogP contribution in [0.15, 0.2) is 24.3 Å². The van der Waals surface area contributed by atoms with Crippen LogP contribution in [0.1, 0.15) is 68.5 Å². The second-order valence-corrected chi connectivity index (χ2v) is 6.75. The summed E-state index contributed by atoms with van der Waals surface area (Å²) < 4.78 is 1.74. The third kappa shape index (κ3) is 4.43. The Hall–Kier alpha value is -1.92. The summed E-state index contributed by atoms with van der Waals surface area (Å²) in [5.41, 5.74) is 7.59. The molecule has 0 saturated heterocycles. The molecule has 1 aromatic carbocycles. The lowest BCUT2D eigenvalue weighted by atomic mass is 9.93. The molecule has 144 valence electrons. The summed E-state index contributed by atoms with van der Waals surface area (Å²) in [5.74, 6) is 0.931. The Labute approximate surface area is 162 Å². The van der Waals surface area contributed by atoms with Crippen molar-refractivity contribution in [3.05, 3.63) is 41.5 Å². The third-order valence-electron chi connectivity index (χ3n) is 4.88. The Morgan fingerprint density at radius 2 is 1.88 bits per heavy atom. The van der Waals surface area contributed by atoms with E-state index in [0.717, 1.165) is 18.5 Å². The highest BCUT2D eigenvalue weighted by Gasteiger charge is 2.29. The molecule has 6 nitrogen and oxygen atoms in total. The van der Waals surface area contributed by atoms with Crippen LogP contribution in [0.25, 0.3) is 5.69 Å². The molecule has 26 heavy (non-hydrogen) atoms. The number of hydrogen-bond donors (Lipinski definition) is 2. The highest BCUT2D eigenvalue weighted by atomic mass is 35.5. The molecule has 0 bridgehead atoms. The van der Waals surface area contributed by atoms with Gasteiger partial charge in [0.25, 0.3) is 5.91 Å².